The fourth-order valence-corrected chi connectivity index (χ4v) is 4.67. The van der Waals surface area contributed by atoms with E-state index in [1.807, 2.05) is 31.2 Å². The third kappa shape index (κ3) is 3.52. The van der Waals surface area contributed by atoms with E-state index in [1.165, 1.54) is 4.90 Å². The molecule has 0 bridgehead atoms. The van der Waals surface area contributed by atoms with Crippen LogP contribution in [0.2, 0.25) is 0 Å². The first-order chi connectivity index (χ1) is 14.6. The van der Waals surface area contributed by atoms with Gasteiger partial charge in [-0.05, 0) is 44.0 Å². The summed E-state index contributed by atoms with van der Waals surface area (Å²) in [6.07, 6.45) is 1.85. The zero-order valence-corrected chi connectivity index (χ0v) is 17.3. The van der Waals surface area contributed by atoms with Gasteiger partial charge in [0.2, 0.25) is 0 Å². The van der Waals surface area contributed by atoms with E-state index in [4.69, 9.17) is 9.15 Å². The van der Waals surface area contributed by atoms with E-state index in [9.17, 15) is 9.59 Å². The maximum atomic E-state index is 13.2. The summed E-state index contributed by atoms with van der Waals surface area (Å²) in [5, 5.41) is 0. The molecule has 3 aliphatic heterocycles. The highest BCUT2D eigenvalue weighted by Gasteiger charge is 2.40. The van der Waals surface area contributed by atoms with Crippen molar-refractivity contribution in [2.24, 2.45) is 0 Å². The number of furan rings is 1. The molecule has 0 N–H and O–H groups in total. The summed E-state index contributed by atoms with van der Waals surface area (Å²) >= 11 is 0. The van der Waals surface area contributed by atoms with Crippen LogP contribution < -0.4 is 4.90 Å². The lowest BCUT2D eigenvalue weighted by atomic mass is 10.1. The Morgan fingerprint density at radius 3 is 2.57 bits per heavy atom. The first-order valence-corrected chi connectivity index (χ1v) is 10.7. The molecule has 0 aliphatic carbocycles. The molecule has 158 valence electrons. The number of anilines is 1. The van der Waals surface area contributed by atoms with Gasteiger partial charge in [0.05, 0.1) is 36.0 Å². The lowest BCUT2D eigenvalue weighted by molar-refractivity contribution is 0.0475. The van der Waals surface area contributed by atoms with Crippen LogP contribution in [0.15, 0.2) is 34.7 Å². The van der Waals surface area contributed by atoms with Crippen LogP contribution in [0.1, 0.15) is 45.1 Å². The van der Waals surface area contributed by atoms with E-state index in [1.54, 1.807) is 6.07 Å². The number of benzene rings is 1. The number of piperazine rings is 1. The van der Waals surface area contributed by atoms with Gasteiger partial charge in [-0.2, -0.15) is 0 Å². The number of fused-ring (bicyclic) bond motifs is 1. The normalized spacial score (nSPS) is 22.2. The maximum absolute atomic E-state index is 13.2. The fraction of sp³-hybridized carbons (Fsp3) is 0.478. The number of nitrogens with zero attached hydrogens (tertiary/aromatic N) is 3. The average Bonchev–Trinajstić information content (AvgIpc) is 3.47. The summed E-state index contributed by atoms with van der Waals surface area (Å²) in [5.41, 5.74) is 1.94. The first-order valence-electron chi connectivity index (χ1n) is 10.7. The fourth-order valence-electron chi connectivity index (χ4n) is 4.67. The number of carbonyl (C=O) groups excluding carboxylic acids is 2. The summed E-state index contributed by atoms with van der Waals surface area (Å²) < 4.78 is 11.3. The van der Waals surface area contributed by atoms with Crippen molar-refractivity contribution in [2.45, 2.75) is 32.4 Å². The number of ether oxygens (including phenoxy) is 1. The molecule has 5 rings (SSSR count). The Kier molecular flexibility index (Phi) is 5.08. The van der Waals surface area contributed by atoms with Crippen LogP contribution in [0.25, 0.3) is 0 Å². The highest BCUT2D eigenvalue weighted by Crippen LogP contribution is 2.33. The van der Waals surface area contributed by atoms with Crippen LogP contribution in [0.4, 0.5) is 5.69 Å². The number of imide groups is 1. The minimum Gasteiger partial charge on any atom is -0.465 e. The SMILES string of the molecule is Cc1ccc(CN2CCN(c3cccc4c3C(=O)N(C[C@@H]3CCCO3)C4=O)CC2)o1. The number of hydrogen-bond acceptors (Lipinski definition) is 6. The molecule has 2 fully saturated rings. The largest absolute Gasteiger partial charge is 0.465 e. The van der Waals surface area contributed by atoms with Crippen molar-refractivity contribution in [3.05, 3.63) is 53.0 Å². The number of rotatable bonds is 5. The van der Waals surface area contributed by atoms with Crippen LogP contribution in [0.3, 0.4) is 0 Å². The van der Waals surface area contributed by atoms with Gasteiger partial charge >= 0.3 is 0 Å². The Morgan fingerprint density at radius 1 is 1.03 bits per heavy atom. The Balaban J connectivity index is 1.29. The van der Waals surface area contributed by atoms with Crippen molar-refractivity contribution < 1.29 is 18.7 Å². The highest BCUT2D eigenvalue weighted by molar-refractivity contribution is 6.23. The van der Waals surface area contributed by atoms with Crippen molar-refractivity contribution in [2.75, 3.05) is 44.2 Å². The van der Waals surface area contributed by atoms with Gasteiger partial charge < -0.3 is 14.1 Å². The summed E-state index contributed by atoms with van der Waals surface area (Å²) in [7, 11) is 0. The standard InChI is InChI=1S/C23H27N3O4/c1-16-7-8-18(30-16)14-24-9-11-25(12-10-24)20-6-2-5-19-21(20)23(28)26(22(19)27)15-17-4-3-13-29-17/h2,5-8,17H,3-4,9-15H2,1H3/t17-/m0/s1. The van der Waals surface area contributed by atoms with Crippen LogP contribution in [-0.2, 0) is 11.3 Å². The molecule has 7 nitrogen and oxygen atoms in total. The van der Waals surface area contributed by atoms with Crippen LogP contribution in [-0.4, -0.2) is 67.0 Å². The van der Waals surface area contributed by atoms with Crippen LogP contribution in [0.5, 0.6) is 0 Å². The van der Waals surface area contributed by atoms with Crippen LogP contribution in [0, 0.1) is 6.92 Å². The van der Waals surface area contributed by atoms with Gasteiger partial charge in [0.15, 0.2) is 0 Å². The Morgan fingerprint density at radius 2 is 1.87 bits per heavy atom. The zero-order valence-electron chi connectivity index (χ0n) is 17.3. The van der Waals surface area contributed by atoms with Crippen LogP contribution >= 0.6 is 0 Å². The predicted octanol–water partition coefficient (Wildman–Crippen LogP) is 2.69. The van der Waals surface area contributed by atoms with Gasteiger partial charge in [0.25, 0.3) is 11.8 Å². The van der Waals surface area contributed by atoms with E-state index in [2.05, 4.69) is 9.80 Å². The first kappa shape index (κ1) is 19.3. The van der Waals surface area contributed by atoms with E-state index in [-0.39, 0.29) is 17.9 Å². The van der Waals surface area contributed by atoms with E-state index < -0.39 is 0 Å². The quantitative estimate of drug-likeness (QED) is 0.708. The third-order valence-electron chi connectivity index (χ3n) is 6.28. The van der Waals surface area contributed by atoms with E-state index in [0.29, 0.717) is 24.3 Å². The molecule has 1 aromatic heterocycles. The molecule has 0 saturated carbocycles. The molecule has 3 aliphatic rings. The Labute approximate surface area is 176 Å². The molecule has 30 heavy (non-hydrogen) atoms. The average molecular weight is 409 g/mol. The number of aryl methyl sites for hydroxylation is 1. The smallest absolute Gasteiger partial charge is 0.263 e. The second-order valence-corrected chi connectivity index (χ2v) is 8.33. The monoisotopic (exact) mass is 409 g/mol. The van der Waals surface area contributed by atoms with Gasteiger partial charge in [0.1, 0.15) is 11.5 Å². The molecular weight excluding hydrogens is 382 g/mol. The van der Waals surface area contributed by atoms with Crippen molar-refractivity contribution in [1.29, 1.82) is 0 Å². The third-order valence-corrected chi connectivity index (χ3v) is 6.28. The summed E-state index contributed by atoms with van der Waals surface area (Å²) in [6, 6.07) is 9.63. The van der Waals surface area contributed by atoms with E-state index in [0.717, 1.165) is 62.8 Å². The molecule has 2 amide bonds. The second-order valence-electron chi connectivity index (χ2n) is 8.33. The van der Waals surface area contributed by atoms with Gasteiger partial charge in [-0.1, -0.05) is 6.07 Å². The second kappa shape index (κ2) is 7.89. The lowest BCUT2D eigenvalue weighted by Gasteiger charge is -2.36. The Hall–Kier alpha value is -2.64. The van der Waals surface area contributed by atoms with Gasteiger partial charge in [0, 0.05) is 32.8 Å². The van der Waals surface area contributed by atoms with Crippen molar-refractivity contribution in [3.63, 3.8) is 0 Å². The molecule has 2 aromatic rings. The summed E-state index contributed by atoms with van der Waals surface area (Å²) in [4.78, 5) is 32.0. The summed E-state index contributed by atoms with van der Waals surface area (Å²) in [5.74, 6) is 1.53. The minimum atomic E-state index is -0.195. The molecule has 1 atom stereocenters. The van der Waals surface area contributed by atoms with Gasteiger partial charge in [-0.15, -0.1) is 0 Å². The van der Waals surface area contributed by atoms with Gasteiger partial charge in [-0.3, -0.25) is 19.4 Å². The zero-order chi connectivity index (χ0) is 20.7. The summed E-state index contributed by atoms with van der Waals surface area (Å²) in [6.45, 7) is 7.19. The minimum absolute atomic E-state index is 0.0376. The highest BCUT2D eigenvalue weighted by atomic mass is 16.5. The van der Waals surface area contributed by atoms with E-state index >= 15 is 0 Å². The predicted molar refractivity (Wildman–Crippen MR) is 112 cm³/mol. The molecule has 1 aromatic carbocycles. The van der Waals surface area contributed by atoms with Gasteiger partial charge in [-0.25, -0.2) is 0 Å². The number of carbonyl (C=O) groups is 2. The van der Waals surface area contributed by atoms with Crippen molar-refractivity contribution in [3.8, 4) is 0 Å². The molecule has 4 heterocycles. The molecule has 0 spiro atoms. The number of amides is 2. The molecule has 7 heteroatoms. The molecule has 0 radical (unpaired) electrons. The number of hydrogen-bond donors (Lipinski definition) is 0. The van der Waals surface area contributed by atoms with Crippen molar-refractivity contribution in [1.82, 2.24) is 9.80 Å². The molecule has 0 unspecified atom stereocenters. The molecular formula is C23H27N3O4. The maximum Gasteiger partial charge on any atom is 0.263 e. The lowest BCUT2D eigenvalue weighted by Crippen LogP contribution is -2.46. The van der Waals surface area contributed by atoms with Crippen molar-refractivity contribution >= 4 is 17.5 Å². The molecule has 2 saturated heterocycles. The topological polar surface area (TPSA) is 66.2 Å². The Bertz CT molecular complexity index is 955.